The summed E-state index contributed by atoms with van der Waals surface area (Å²) < 4.78 is 0. The highest BCUT2D eigenvalue weighted by atomic mass is 32.2. The van der Waals surface area contributed by atoms with Gasteiger partial charge in [-0.25, -0.2) is 9.97 Å². The molecule has 0 unspecified atom stereocenters. The van der Waals surface area contributed by atoms with Gasteiger partial charge < -0.3 is 5.32 Å². The number of rotatable bonds is 3. The van der Waals surface area contributed by atoms with Crippen LogP contribution in [-0.4, -0.2) is 15.9 Å². The highest BCUT2D eigenvalue weighted by Crippen LogP contribution is 2.26. The van der Waals surface area contributed by atoms with E-state index in [0.29, 0.717) is 10.7 Å². The number of amides is 1. The van der Waals surface area contributed by atoms with Crippen molar-refractivity contribution in [1.29, 1.82) is 5.26 Å². The Hall–Kier alpha value is -2.39. The average Bonchev–Trinajstić information content (AvgIpc) is 2.41. The van der Waals surface area contributed by atoms with Crippen LogP contribution in [-0.2, 0) is 4.79 Å². The summed E-state index contributed by atoms with van der Waals surface area (Å²) in [6, 6.07) is 9.33. The van der Waals surface area contributed by atoms with Crippen LogP contribution in [0.1, 0.15) is 12.6 Å². The molecular weight excluding hydrogens is 260 g/mol. The fourth-order valence-electron chi connectivity index (χ4n) is 1.36. The summed E-state index contributed by atoms with van der Waals surface area (Å²) in [6.07, 6.45) is 3.00. The SMILES string of the molecule is CC(=O)Nc1ccc(Sc2cnc(C#N)cn2)cc1. The number of nitrogens with zero attached hydrogens (tertiary/aromatic N) is 3. The van der Waals surface area contributed by atoms with E-state index < -0.39 is 0 Å². The smallest absolute Gasteiger partial charge is 0.221 e. The summed E-state index contributed by atoms with van der Waals surface area (Å²) in [6.45, 7) is 1.47. The van der Waals surface area contributed by atoms with Gasteiger partial charge in [-0.05, 0) is 24.3 Å². The van der Waals surface area contributed by atoms with E-state index in [9.17, 15) is 4.79 Å². The van der Waals surface area contributed by atoms with Crippen molar-refractivity contribution in [2.24, 2.45) is 0 Å². The molecule has 0 spiro atoms. The lowest BCUT2D eigenvalue weighted by Crippen LogP contribution is -2.05. The first kappa shape index (κ1) is 13.1. The normalized spacial score (nSPS) is 9.68. The zero-order valence-electron chi connectivity index (χ0n) is 10.1. The van der Waals surface area contributed by atoms with Crippen molar-refractivity contribution in [1.82, 2.24) is 9.97 Å². The molecule has 0 saturated heterocycles. The summed E-state index contributed by atoms with van der Waals surface area (Å²) in [4.78, 5) is 19.9. The van der Waals surface area contributed by atoms with E-state index in [2.05, 4.69) is 15.3 Å². The maximum absolute atomic E-state index is 10.9. The molecule has 0 atom stereocenters. The van der Waals surface area contributed by atoms with Crippen LogP contribution in [0.25, 0.3) is 0 Å². The molecule has 6 heteroatoms. The minimum absolute atomic E-state index is 0.0987. The third kappa shape index (κ3) is 3.79. The number of hydrogen-bond donors (Lipinski definition) is 1. The van der Waals surface area contributed by atoms with Crippen LogP contribution in [0, 0.1) is 11.3 Å². The van der Waals surface area contributed by atoms with Crippen LogP contribution in [0.4, 0.5) is 5.69 Å². The molecule has 94 valence electrons. The Morgan fingerprint density at radius 2 is 2.00 bits per heavy atom. The van der Waals surface area contributed by atoms with Crippen molar-refractivity contribution < 1.29 is 4.79 Å². The zero-order chi connectivity index (χ0) is 13.7. The van der Waals surface area contributed by atoms with Gasteiger partial charge in [0.15, 0.2) is 5.69 Å². The maximum Gasteiger partial charge on any atom is 0.221 e. The van der Waals surface area contributed by atoms with E-state index in [1.165, 1.54) is 24.9 Å². The summed E-state index contributed by atoms with van der Waals surface area (Å²) >= 11 is 1.44. The van der Waals surface area contributed by atoms with Crippen molar-refractivity contribution >= 4 is 23.4 Å². The van der Waals surface area contributed by atoms with Gasteiger partial charge >= 0.3 is 0 Å². The Kier molecular flexibility index (Phi) is 4.11. The molecule has 2 rings (SSSR count). The first-order valence-corrected chi connectivity index (χ1v) is 6.26. The second-order valence-electron chi connectivity index (χ2n) is 3.66. The van der Waals surface area contributed by atoms with Gasteiger partial charge in [-0.3, -0.25) is 4.79 Å². The van der Waals surface area contributed by atoms with Gasteiger partial charge in [0.05, 0.1) is 12.4 Å². The molecule has 0 saturated carbocycles. The van der Waals surface area contributed by atoms with Crippen LogP contribution in [0.15, 0.2) is 46.6 Å². The molecule has 0 fully saturated rings. The number of benzene rings is 1. The quantitative estimate of drug-likeness (QED) is 0.926. The van der Waals surface area contributed by atoms with E-state index in [0.717, 1.165) is 10.6 Å². The Bertz CT molecular complexity index is 617. The van der Waals surface area contributed by atoms with Crippen molar-refractivity contribution in [3.05, 3.63) is 42.4 Å². The molecule has 19 heavy (non-hydrogen) atoms. The molecule has 1 amide bonds. The van der Waals surface area contributed by atoms with E-state index in [-0.39, 0.29) is 5.91 Å². The highest BCUT2D eigenvalue weighted by molar-refractivity contribution is 7.99. The van der Waals surface area contributed by atoms with E-state index in [4.69, 9.17) is 5.26 Å². The Morgan fingerprint density at radius 1 is 1.26 bits per heavy atom. The average molecular weight is 270 g/mol. The molecule has 0 bridgehead atoms. The molecular formula is C13H10N4OS. The molecule has 0 aliphatic heterocycles. The van der Waals surface area contributed by atoms with E-state index >= 15 is 0 Å². The van der Waals surface area contributed by atoms with Crippen LogP contribution >= 0.6 is 11.8 Å². The number of carbonyl (C=O) groups excluding carboxylic acids is 1. The van der Waals surface area contributed by atoms with Crippen LogP contribution < -0.4 is 5.32 Å². The number of hydrogen-bond acceptors (Lipinski definition) is 5. The van der Waals surface area contributed by atoms with E-state index in [1.807, 2.05) is 30.3 Å². The lowest BCUT2D eigenvalue weighted by Gasteiger charge is -2.03. The minimum atomic E-state index is -0.0987. The molecule has 1 aromatic heterocycles. The lowest BCUT2D eigenvalue weighted by molar-refractivity contribution is -0.114. The molecule has 2 aromatic rings. The Labute approximate surface area is 114 Å². The van der Waals surface area contributed by atoms with Gasteiger partial charge in [-0.2, -0.15) is 5.26 Å². The largest absolute Gasteiger partial charge is 0.326 e. The molecule has 0 aliphatic rings. The molecule has 1 aromatic carbocycles. The van der Waals surface area contributed by atoms with Gasteiger partial charge in [0.2, 0.25) is 5.91 Å². The summed E-state index contributed by atoms with van der Waals surface area (Å²) in [5, 5.41) is 12.0. The third-order valence-electron chi connectivity index (χ3n) is 2.14. The predicted molar refractivity (Wildman–Crippen MR) is 71.6 cm³/mol. The molecule has 0 radical (unpaired) electrons. The fourth-order valence-corrected chi connectivity index (χ4v) is 2.08. The topological polar surface area (TPSA) is 78.7 Å². The predicted octanol–water partition coefficient (Wildman–Crippen LogP) is 2.46. The summed E-state index contributed by atoms with van der Waals surface area (Å²) in [5.74, 6) is -0.0987. The van der Waals surface area contributed by atoms with Gasteiger partial charge in [0, 0.05) is 17.5 Å². The van der Waals surface area contributed by atoms with E-state index in [1.54, 1.807) is 6.20 Å². The van der Waals surface area contributed by atoms with Gasteiger partial charge in [0.25, 0.3) is 0 Å². The van der Waals surface area contributed by atoms with Crippen molar-refractivity contribution in [2.75, 3.05) is 5.32 Å². The Morgan fingerprint density at radius 3 is 2.53 bits per heavy atom. The zero-order valence-corrected chi connectivity index (χ0v) is 10.9. The third-order valence-corrected chi connectivity index (χ3v) is 3.07. The standard InChI is InChI=1S/C13H10N4OS/c1-9(18)17-10-2-4-12(5-3-10)19-13-8-15-11(6-14)7-16-13/h2-5,7-8H,1H3,(H,17,18). The van der Waals surface area contributed by atoms with Gasteiger partial charge in [-0.1, -0.05) is 11.8 Å². The molecule has 5 nitrogen and oxygen atoms in total. The number of nitrogens with one attached hydrogen (secondary N) is 1. The highest BCUT2D eigenvalue weighted by Gasteiger charge is 2.01. The van der Waals surface area contributed by atoms with Gasteiger partial charge in [-0.15, -0.1) is 0 Å². The van der Waals surface area contributed by atoms with Crippen LogP contribution in [0.2, 0.25) is 0 Å². The minimum Gasteiger partial charge on any atom is -0.326 e. The van der Waals surface area contributed by atoms with Crippen molar-refractivity contribution in [3.63, 3.8) is 0 Å². The second-order valence-corrected chi connectivity index (χ2v) is 4.75. The van der Waals surface area contributed by atoms with Crippen molar-refractivity contribution in [2.45, 2.75) is 16.8 Å². The number of anilines is 1. The maximum atomic E-state index is 10.9. The number of carbonyl (C=O) groups is 1. The Balaban J connectivity index is 2.06. The summed E-state index contributed by atoms with van der Waals surface area (Å²) in [7, 11) is 0. The van der Waals surface area contributed by atoms with Crippen LogP contribution in [0.5, 0.6) is 0 Å². The van der Waals surface area contributed by atoms with Crippen molar-refractivity contribution in [3.8, 4) is 6.07 Å². The number of aromatic nitrogens is 2. The molecule has 1 N–H and O–H groups in total. The lowest BCUT2D eigenvalue weighted by atomic mass is 10.3. The summed E-state index contributed by atoms with van der Waals surface area (Å²) in [5.41, 5.74) is 1.05. The number of nitriles is 1. The fraction of sp³-hybridized carbons (Fsp3) is 0.0769. The first-order valence-electron chi connectivity index (χ1n) is 5.45. The van der Waals surface area contributed by atoms with Crippen LogP contribution in [0.3, 0.4) is 0 Å². The van der Waals surface area contributed by atoms with Gasteiger partial charge in [0.1, 0.15) is 11.1 Å². The monoisotopic (exact) mass is 270 g/mol. The molecule has 1 heterocycles. The molecule has 0 aliphatic carbocycles. The second kappa shape index (κ2) is 5.98. The first-order chi connectivity index (χ1) is 9.17.